The number of hydrogen-bond acceptors (Lipinski definition) is 3. The minimum Gasteiger partial charge on any atom is -0.520 e. The molecule has 0 aliphatic heterocycles. The zero-order valence-electron chi connectivity index (χ0n) is 14.4. The van der Waals surface area contributed by atoms with Gasteiger partial charge in [0.25, 0.3) is 5.95 Å². The third-order valence-corrected chi connectivity index (χ3v) is 4.00. The van der Waals surface area contributed by atoms with Gasteiger partial charge in [-0.2, -0.15) is 0 Å². The summed E-state index contributed by atoms with van der Waals surface area (Å²) >= 11 is 0. The SMILES string of the molecule is CO/C(=C\C(O[Si](C)(C)C)C(C)(C)C)O[Si](C)(C)C. The number of ether oxygens (including phenoxy) is 1. The van der Waals surface area contributed by atoms with Crippen molar-refractivity contribution in [3.8, 4) is 0 Å². The normalized spacial score (nSPS) is 16.2. The van der Waals surface area contributed by atoms with Crippen LogP contribution < -0.4 is 0 Å². The molecule has 0 aliphatic rings. The summed E-state index contributed by atoms with van der Waals surface area (Å²) in [7, 11) is -1.62. The summed E-state index contributed by atoms with van der Waals surface area (Å²) in [4.78, 5) is 0. The molecule has 114 valence electrons. The molecular weight excluding hydrogens is 272 g/mol. The summed E-state index contributed by atoms with van der Waals surface area (Å²) in [6, 6.07) is 0. The van der Waals surface area contributed by atoms with Crippen LogP contribution in [0.4, 0.5) is 0 Å². The average Bonchev–Trinajstić information content (AvgIpc) is 2.09. The van der Waals surface area contributed by atoms with Crippen molar-refractivity contribution in [3.63, 3.8) is 0 Å². The van der Waals surface area contributed by atoms with Crippen molar-refractivity contribution in [2.75, 3.05) is 7.11 Å². The van der Waals surface area contributed by atoms with E-state index in [1.165, 1.54) is 0 Å². The van der Waals surface area contributed by atoms with Crippen molar-refractivity contribution < 1.29 is 13.6 Å². The van der Waals surface area contributed by atoms with Gasteiger partial charge in [-0.15, -0.1) is 0 Å². The van der Waals surface area contributed by atoms with Crippen LogP contribution in [0.2, 0.25) is 39.3 Å². The van der Waals surface area contributed by atoms with E-state index in [9.17, 15) is 0 Å². The first-order valence-corrected chi connectivity index (χ1v) is 13.7. The van der Waals surface area contributed by atoms with Crippen molar-refractivity contribution in [3.05, 3.63) is 12.0 Å². The Bertz CT molecular complexity index is 306. The lowest BCUT2D eigenvalue weighted by Crippen LogP contribution is -2.39. The highest BCUT2D eigenvalue weighted by molar-refractivity contribution is 6.70. The Balaban J connectivity index is 5.16. The first-order valence-electron chi connectivity index (χ1n) is 6.87. The van der Waals surface area contributed by atoms with Crippen LogP contribution in [0.25, 0.3) is 0 Å². The average molecular weight is 305 g/mol. The summed E-state index contributed by atoms with van der Waals surface area (Å²) in [5.74, 6) is 0.595. The Hall–Kier alpha value is -0.266. The maximum absolute atomic E-state index is 6.27. The molecule has 0 saturated carbocycles. The fourth-order valence-corrected chi connectivity index (χ4v) is 3.35. The van der Waals surface area contributed by atoms with E-state index in [4.69, 9.17) is 13.6 Å². The van der Waals surface area contributed by atoms with Crippen LogP contribution in [0.3, 0.4) is 0 Å². The van der Waals surface area contributed by atoms with Crippen molar-refractivity contribution in [2.45, 2.75) is 66.2 Å². The largest absolute Gasteiger partial charge is 0.520 e. The molecule has 3 nitrogen and oxygen atoms in total. The van der Waals surface area contributed by atoms with Gasteiger partial charge in [0.1, 0.15) is 0 Å². The van der Waals surface area contributed by atoms with E-state index in [1.54, 1.807) is 7.11 Å². The molecule has 19 heavy (non-hydrogen) atoms. The van der Waals surface area contributed by atoms with Gasteiger partial charge in [0, 0.05) is 6.08 Å². The number of rotatable bonds is 6. The van der Waals surface area contributed by atoms with E-state index >= 15 is 0 Å². The molecule has 0 amide bonds. The predicted molar refractivity (Wildman–Crippen MR) is 87.2 cm³/mol. The van der Waals surface area contributed by atoms with Crippen LogP contribution in [0, 0.1) is 5.41 Å². The van der Waals surface area contributed by atoms with Gasteiger partial charge in [0.05, 0.1) is 13.2 Å². The lowest BCUT2D eigenvalue weighted by molar-refractivity contribution is 0.0962. The minimum absolute atomic E-state index is 0.00506. The van der Waals surface area contributed by atoms with E-state index in [1.807, 2.05) is 6.08 Å². The van der Waals surface area contributed by atoms with Gasteiger partial charge in [-0.3, -0.25) is 0 Å². The standard InChI is InChI=1S/C14H32O3Si2/c1-14(2,3)12(16-18(5,6)7)11-13(15-4)17-19(8,9)10/h11-12H,1-10H3/b13-11+. The zero-order chi connectivity index (χ0) is 15.5. The lowest BCUT2D eigenvalue weighted by Gasteiger charge is -2.34. The Morgan fingerprint density at radius 3 is 1.68 bits per heavy atom. The molecule has 0 N–H and O–H groups in total. The molecule has 0 heterocycles. The molecule has 0 saturated heterocycles. The topological polar surface area (TPSA) is 27.7 Å². The summed E-state index contributed by atoms with van der Waals surface area (Å²) in [5, 5.41) is 0. The van der Waals surface area contributed by atoms with Crippen molar-refractivity contribution in [1.29, 1.82) is 0 Å². The second kappa shape index (κ2) is 6.46. The van der Waals surface area contributed by atoms with E-state index in [0.29, 0.717) is 5.95 Å². The van der Waals surface area contributed by atoms with Crippen LogP contribution >= 0.6 is 0 Å². The molecular formula is C14H32O3Si2. The smallest absolute Gasteiger partial charge is 0.263 e. The highest BCUT2D eigenvalue weighted by Gasteiger charge is 2.30. The van der Waals surface area contributed by atoms with E-state index < -0.39 is 16.6 Å². The van der Waals surface area contributed by atoms with Gasteiger partial charge < -0.3 is 13.6 Å². The van der Waals surface area contributed by atoms with Crippen LogP contribution in [-0.2, 0) is 13.6 Å². The quantitative estimate of drug-likeness (QED) is 0.530. The van der Waals surface area contributed by atoms with Gasteiger partial charge in [-0.25, -0.2) is 0 Å². The molecule has 0 radical (unpaired) electrons. The molecule has 0 bridgehead atoms. The molecule has 0 aliphatic carbocycles. The fraction of sp³-hybridized carbons (Fsp3) is 0.857. The Labute approximate surface area is 121 Å². The maximum Gasteiger partial charge on any atom is 0.263 e. The van der Waals surface area contributed by atoms with Gasteiger partial charge in [-0.05, 0) is 44.7 Å². The first kappa shape index (κ1) is 18.7. The predicted octanol–water partition coefficient (Wildman–Crippen LogP) is 4.59. The number of methoxy groups -OCH3 is 1. The minimum atomic E-state index is -1.66. The van der Waals surface area contributed by atoms with Crippen LogP contribution in [0.1, 0.15) is 20.8 Å². The van der Waals surface area contributed by atoms with Crippen LogP contribution in [0.5, 0.6) is 0 Å². The van der Waals surface area contributed by atoms with Crippen LogP contribution in [-0.4, -0.2) is 29.8 Å². The summed E-state index contributed by atoms with van der Waals surface area (Å²) in [5.41, 5.74) is 0.0207. The molecule has 0 spiro atoms. The van der Waals surface area contributed by atoms with Gasteiger partial charge in [0.15, 0.2) is 8.32 Å². The maximum atomic E-state index is 6.27. The Morgan fingerprint density at radius 1 is 0.947 bits per heavy atom. The molecule has 1 unspecified atom stereocenters. The van der Waals surface area contributed by atoms with E-state index in [2.05, 4.69) is 60.1 Å². The Kier molecular flexibility index (Phi) is 6.37. The van der Waals surface area contributed by atoms with Crippen LogP contribution in [0.15, 0.2) is 12.0 Å². The highest BCUT2D eigenvalue weighted by atomic mass is 28.4. The first-order chi connectivity index (χ1) is 8.24. The van der Waals surface area contributed by atoms with Crippen molar-refractivity contribution in [2.24, 2.45) is 5.41 Å². The van der Waals surface area contributed by atoms with Gasteiger partial charge >= 0.3 is 0 Å². The molecule has 1 atom stereocenters. The summed E-state index contributed by atoms with van der Waals surface area (Å²) in [6.07, 6.45) is 2.00. The highest BCUT2D eigenvalue weighted by Crippen LogP contribution is 2.28. The second-order valence-corrected chi connectivity index (χ2v) is 16.8. The second-order valence-electron chi connectivity index (χ2n) is 7.92. The fourth-order valence-electron chi connectivity index (χ4n) is 1.41. The monoisotopic (exact) mass is 304 g/mol. The third kappa shape index (κ3) is 9.29. The van der Waals surface area contributed by atoms with Gasteiger partial charge in [-0.1, -0.05) is 20.8 Å². The lowest BCUT2D eigenvalue weighted by atomic mass is 9.89. The Morgan fingerprint density at radius 2 is 1.42 bits per heavy atom. The molecule has 5 heteroatoms. The molecule has 0 aromatic heterocycles. The van der Waals surface area contributed by atoms with E-state index in [-0.39, 0.29) is 11.5 Å². The molecule has 0 rings (SSSR count). The van der Waals surface area contributed by atoms with E-state index in [0.717, 1.165) is 0 Å². The third-order valence-electron chi connectivity index (χ3n) is 2.23. The summed E-state index contributed by atoms with van der Waals surface area (Å²) < 4.78 is 17.6. The molecule has 0 aromatic rings. The number of hydrogen-bond donors (Lipinski definition) is 0. The molecule has 0 aromatic carbocycles. The zero-order valence-corrected chi connectivity index (χ0v) is 16.4. The van der Waals surface area contributed by atoms with Gasteiger partial charge in [0.2, 0.25) is 8.32 Å². The summed E-state index contributed by atoms with van der Waals surface area (Å²) in [6.45, 7) is 19.6. The molecule has 0 fully saturated rings. The van der Waals surface area contributed by atoms with Crippen molar-refractivity contribution >= 4 is 16.6 Å². The van der Waals surface area contributed by atoms with Crippen molar-refractivity contribution in [1.82, 2.24) is 0 Å².